The number of aromatic hydroxyl groups is 1. The van der Waals surface area contributed by atoms with Gasteiger partial charge in [-0.1, -0.05) is 0 Å². The van der Waals surface area contributed by atoms with Gasteiger partial charge in [0.1, 0.15) is 15.8 Å². The van der Waals surface area contributed by atoms with Crippen LogP contribution in [0, 0.1) is 13.8 Å². The zero-order chi connectivity index (χ0) is 13.9. The number of phenolic OH excluding ortho intramolecular Hbond substituents is 1. The predicted octanol–water partition coefficient (Wildman–Crippen LogP) is 2.54. The van der Waals surface area contributed by atoms with Crippen molar-refractivity contribution in [3.8, 4) is 11.5 Å². The molecule has 1 N–H and O–H groups in total. The Morgan fingerprint density at radius 3 is 2.39 bits per heavy atom. The molecule has 0 unspecified atom stereocenters. The van der Waals surface area contributed by atoms with E-state index in [4.69, 9.17) is 9.47 Å². The molecule has 0 aliphatic heterocycles. The van der Waals surface area contributed by atoms with Gasteiger partial charge in [0.25, 0.3) is 0 Å². The predicted molar refractivity (Wildman–Crippen MR) is 69.1 cm³/mol. The van der Waals surface area contributed by atoms with E-state index in [0.717, 1.165) is 0 Å². The quantitative estimate of drug-likeness (QED) is 0.682. The van der Waals surface area contributed by atoms with Gasteiger partial charge < -0.3 is 19.3 Å². The lowest BCUT2D eigenvalue weighted by Gasteiger charge is -2.16. The Bertz CT molecular complexity index is 470. The monoisotopic (exact) mass is 318 g/mol. The molecule has 18 heavy (non-hydrogen) atoms. The standard InChI is InChI=1S/C12H15BrO5/c1-6-7(2)10(14)9(13)11(17-4)8(6)12(15)18-5-16-3/h14H,5H2,1-4H3. The molecule has 0 fully saturated rings. The van der Waals surface area contributed by atoms with Crippen LogP contribution in [0.25, 0.3) is 0 Å². The lowest BCUT2D eigenvalue weighted by molar-refractivity contribution is -0.0127. The molecule has 0 atom stereocenters. The Hall–Kier alpha value is -1.27. The molecule has 0 amide bonds. The van der Waals surface area contributed by atoms with E-state index in [1.165, 1.54) is 14.2 Å². The number of esters is 1. The molecule has 0 aliphatic rings. The van der Waals surface area contributed by atoms with E-state index in [0.29, 0.717) is 15.6 Å². The SMILES string of the molecule is COCOC(=O)c1c(C)c(C)c(O)c(Br)c1OC. The topological polar surface area (TPSA) is 65.0 Å². The molecule has 1 aromatic rings. The molecule has 0 aromatic heterocycles. The summed E-state index contributed by atoms with van der Waals surface area (Å²) >= 11 is 3.20. The van der Waals surface area contributed by atoms with Crippen molar-refractivity contribution < 1.29 is 24.1 Å². The maximum absolute atomic E-state index is 11.9. The summed E-state index contributed by atoms with van der Waals surface area (Å²) in [7, 11) is 2.84. The summed E-state index contributed by atoms with van der Waals surface area (Å²) in [5, 5.41) is 9.88. The number of halogens is 1. The fraction of sp³-hybridized carbons (Fsp3) is 0.417. The highest BCUT2D eigenvalue weighted by Crippen LogP contribution is 2.41. The number of ether oxygens (including phenoxy) is 3. The molecular weight excluding hydrogens is 304 g/mol. The van der Waals surface area contributed by atoms with Gasteiger partial charge in [0, 0.05) is 7.11 Å². The molecule has 5 nitrogen and oxygen atoms in total. The minimum absolute atomic E-state index is 0.0487. The van der Waals surface area contributed by atoms with E-state index in [1.54, 1.807) is 13.8 Å². The summed E-state index contributed by atoms with van der Waals surface area (Å²) in [4.78, 5) is 11.9. The van der Waals surface area contributed by atoms with Gasteiger partial charge in [-0.05, 0) is 40.9 Å². The summed E-state index contributed by atoms with van der Waals surface area (Å²) in [6, 6.07) is 0. The van der Waals surface area contributed by atoms with Crippen LogP contribution in [-0.2, 0) is 9.47 Å². The van der Waals surface area contributed by atoms with Crippen LogP contribution in [0.4, 0.5) is 0 Å². The molecule has 0 saturated heterocycles. The third kappa shape index (κ3) is 2.59. The van der Waals surface area contributed by atoms with E-state index >= 15 is 0 Å². The van der Waals surface area contributed by atoms with E-state index in [2.05, 4.69) is 20.7 Å². The van der Waals surface area contributed by atoms with Crippen molar-refractivity contribution in [2.45, 2.75) is 13.8 Å². The van der Waals surface area contributed by atoms with E-state index in [-0.39, 0.29) is 23.9 Å². The highest BCUT2D eigenvalue weighted by atomic mass is 79.9. The van der Waals surface area contributed by atoms with Gasteiger partial charge >= 0.3 is 5.97 Å². The number of carbonyl (C=O) groups is 1. The number of methoxy groups -OCH3 is 2. The smallest absolute Gasteiger partial charge is 0.344 e. The van der Waals surface area contributed by atoms with E-state index < -0.39 is 5.97 Å². The first-order chi connectivity index (χ1) is 8.45. The van der Waals surface area contributed by atoms with Gasteiger partial charge in [-0.25, -0.2) is 4.79 Å². The minimum atomic E-state index is -0.560. The highest BCUT2D eigenvalue weighted by Gasteiger charge is 2.24. The van der Waals surface area contributed by atoms with Gasteiger partial charge in [-0.3, -0.25) is 0 Å². The number of carbonyl (C=O) groups excluding carboxylic acids is 1. The van der Waals surface area contributed by atoms with Crippen molar-refractivity contribution in [1.29, 1.82) is 0 Å². The third-order valence-electron chi connectivity index (χ3n) is 2.64. The molecule has 0 heterocycles. The summed E-state index contributed by atoms with van der Waals surface area (Å²) in [6.45, 7) is 3.29. The lowest BCUT2D eigenvalue weighted by Crippen LogP contribution is -2.12. The Balaban J connectivity index is 3.37. The number of hydrogen-bond acceptors (Lipinski definition) is 5. The maximum atomic E-state index is 11.9. The number of hydrogen-bond donors (Lipinski definition) is 1. The number of benzene rings is 1. The van der Waals surface area contributed by atoms with Crippen molar-refractivity contribution in [2.75, 3.05) is 21.0 Å². The highest BCUT2D eigenvalue weighted by molar-refractivity contribution is 9.10. The molecule has 6 heteroatoms. The average Bonchev–Trinajstić information content (AvgIpc) is 2.37. The van der Waals surface area contributed by atoms with Crippen molar-refractivity contribution in [3.63, 3.8) is 0 Å². The number of rotatable bonds is 4. The Morgan fingerprint density at radius 2 is 1.89 bits per heavy atom. The van der Waals surface area contributed by atoms with E-state index in [1.807, 2.05) is 0 Å². The van der Waals surface area contributed by atoms with Gasteiger partial charge in [0.2, 0.25) is 0 Å². The summed E-state index contributed by atoms with van der Waals surface area (Å²) < 4.78 is 15.1. The van der Waals surface area contributed by atoms with Crippen molar-refractivity contribution >= 4 is 21.9 Å². The van der Waals surface area contributed by atoms with Crippen LogP contribution in [0.15, 0.2) is 4.47 Å². The molecule has 1 aromatic carbocycles. The summed E-state index contributed by atoms with van der Waals surface area (Å²) in [6.07, 6.45) is 0. The fourth-order valence-corrected chi connectivity index (χ4v) is 2.20. The largest absolute Gasteiger partial charge is 0.506 e. The lowest BCUT2D eigenvalue weighted by atomic mass is 10.0. The van der Waals surface area contributed by atoms with Crippen LogP contribution < -0.4 is 4.74 Å². The van der Waals surface area contributed by atoms with E-state index in [9.17, 15) is 9.90 Å². The van der Waals surface area contributed by atoms with Crippen LogP contribution in [0.5, 0.6) is 11.5 Å². The molecular formula is C12H15BrO5. The Morgan fingerprint density at radius 1 is 1.28 bits per heavy atom. The second kappa shape index (κ2) is 6.06. The molecule has 100 valence electrons. The zero-order valence-corrected chi connectivity index (χ0v) is 12.3. The van der Waals surface area contributed by atoms with Gasteiger partial charge in [-0.2, -0.15) is 0 Å². The first-order valence-electron chi connectivity index (χ1n) is 5.17. The van der Waals surface area contributed by atoms with Crippen LogP contribution in [0.2, 0.25) is 0 Å². The Kier molecular flexibility index (Phi) is 4.98. The van der Waals surface area contributed by atoms with Gasteiger partial charge in [0.05, 0.1) is 7.11 Å². The van der Waals surface area contributed by atoms with Crippen molar-refractivity contribution in [3.05, 3.63) is 21.2 Å². The van der Waals surface area contributed by atoms with Crippen molar-refractivity contribution in [1.82, 2.24) is 0 Å². The second-order valence-electron chi connectivity index (χ2n) is 3.66. The van der Waals surface area contributed by atoms with Crippen LogP contribution in [0.3, 0.4) is 0 Å². The molecule has 0 aliphatic carbocycles. The molecule has 0 spiro atoms. The summed E-state index contributed by atoms with van der Waals surface area (Å²) in [5.41, 5.74) is 1.47. The van der Waals surface area contributed by atoms with Crippen LogP contribution >= 0.6 is 15.9 Å². The first kappa shape index (κ1) is 14.8. The molecule has 1 rings (SSSR count). The number of phenols is 1. The molecule has 0 saturated carbocycles. The second-order valence-corrected chi connectivity index (χ2v) is 4.45. The van der Waals surface area contributed by atoms with Crippen LogP contribution in [-0.4, -0.2) is 32.1 Å². The van der Waals surface area contributed by atoms with Gasteiger partial charge in [-0.15, -0.1) is 0 Å². The van der Waals surface area contributed by atoms with Crippen molar-refractivity contribution in [2.24, 2.45) is 0 Å². The first-order valence-corrected chi connectivity index (χ1v) is 5.96. The van der Waals surface area contributed by atoms with Gasteiger partial charge in [0.15, 0.2) is 12.5 Å². The zero-order valence-electron chi connectivity index (χ0n) is 10.7. The Labute approximate surface area is 114 Å². The fourth-order valence-electron chi connectivity index (χ4n) is 1.54. The average molecular weight is 319 g/mol. The summed E-state index contributed by atoms with van der Waals surface area (Å²) in [5.74, 6) is -0.264. The maximum Gasteiger partial charge on any atom is 0.344 e. The normalized spacial score (nSPS) is 10.3. The van der Waals surface area contributed by atoms with Crippen LogP contribution in [0.1, 0.15) is 21.5 Å². The third-order valence-corrected chi connectivity index (χ3v) is 3.38. The molecule has 0 radical (unpaired) electrons. The minimum Gasteiger partial charge on any atom is -0.506 e. The molecule has 0 bridgehead atoms.